The molecule has 1 aliphatic rings. The summed E-state index contributed by atoms with van der Waals surface area (Å²) in [5.74, 6) is 0.475. The van der Waals surface area contributed by atoms with Gasteiger partial charge < -0.3 is 25.2 Å². The van der Waals surface area contributed by atoms with Crippen LogP contribution in [0.25, 0.3) is 10.9 Å². The second kappa shape index (κ2) is 9.63. The van der Waals surface area contributed by atoms with E-state index in [4.69, 9.17) is 4.74 Å². The zero-order chi connectivity index (χ0) is 24.4. The summed E-state index contributed by atoms with van der Waals surface area (Å²) in [7, 11) is 3.73. The number of piperazine rings is 1. The fourth-order valence-electron chi connectivity index (χ4n) is 3.87. The lowest BCUT2D eigenvalue weighted by Gasteiger charge is -2.33. The molecular weight excluding hydrogens is 454 g/mol. The molecule has 0 unspecified atom stereocenters. The summed E-state index contributed by atoms with van der Waals surface area (Å²) >= 11 is 0. The van der Waals surface area contributed by atoms with Crippen LogP contribution >= 0.6 is 0 Å². The largest absolute Gasteiger partial charge is 0.493 e. The van der Waals surface area contributed by atoms with E-state index < -0.39 is 11.6 Å². The van der Waals surface area contributed by atoms with Gasteiger partial charge in [-0.15, -0.1) is 0 Å². The van der Waals surface area contributed by atoms with Gasteiger partial charge in [-0.25, -0.2) is 18.7 Å². The Kier molecular flexibility index (Phi) is 6.23. The molecule has 9 nitrogen and oxygen atoms in total. The number of halogens is 2. The van der Waals surface area contributed by atoms with E-state index in [1.807, 2.05) is 6.07 Å². The second-order valence-corrected chi connectivity index (χ2v) is 8.24. The molecule has 0 saturated carbocycles. The lowest BCUT2D eigenvalue weighted by molar-refractivity contribution is 0.310. The highest BCUT2D eigenvalue weighted by Gasteiger charge is 2.19. The van der Waals surface area contributed by atoms with Crippen LogP contribution < -0.4 is 20.3 Å². The summed E-state index contributed by atoms with van der Waals surface area (Å²) < 4.78 is 32.6. The molecule has 4 heterocycles. The van der Waals surface area contributed by atoms with Gasteiger partial charge in [0.1, 0.15) is 5.82 Å². The normalized spacial score (nSPS) is 14.2. The molecule has 0 atom stereocenters. The van der Waals surface area contributed by atoms with E-state index in [1.54, 1.807) is 31.6 Å². The van der Waals surface area contributed by atoms with Gasteiger partial charge in [-0.3, -0.25) is 4.98 Å². The van der Waals surface area contributed by atoms with Crippen molar-refractivity contribution in [2.75, 3.05) is 55.9 Å². The summed E-state index contributed by atoms with van der Waals surface area (Å²) in [5, 5.41) is 6.73. The first-order valence-corrected chi connectivity index (χ1v) is 11.1. The van der Waals surface area contributed by atoms with Crippen molar-refractivity contribution in [3.05, 3.63) is 60.6 Å². The number of nitrogens with zero attached hydrogens (tertiary/aromatic N) is 6. The molecule has 0 aliphatic carbocycles. The molecule has 0 radical (unpaired) electrons. The number of ether oxygens (including phenoxy) is 1. The first-order chi connectivity index (χ1) is 17.0. The molecular formula is C24H24F2N8O. The maximum absolute atomic E-state index is 13.6. The molecule has 5 rings (SSSR count). The molecule has 1 saturated heterocycles. The SMILES string of the molecule is COc1cc(Nc2nccc(Nc3cnc4cc(F)c(F)cc4c3)n2)cnc1N1CCN(C)CC1. The third-order valence-corrected chi connectivity index (χ3v) is 5.76. The maximum atomic E-state index is 13.6. The smallest absolute Gasteiger partial charge is 0.229 e. The van der Waals surface area contributed by atoms with Crippen LogP contribution in [0.15, 0.2) is 48.9 Å². The van der Waals surface area contributed by atoms with Crippen molar-refractivity contribution < 1.29 is 13.5 Å². The van der Waals surface area contributed by atoms with Crippen LogP contribution in [0.2, 0.25) is 0 Å². The van der Waals surface area contributed by atoms with E-state index >= 15 is 0 Å². The van der Waals surface area contributed by atoms with Crippen molar-refractivity contribution in [3.8, 4) is 5.75 Å². The molecule has 0 spiro atoms. The molecule has 4 aromatic rings. The minimum atomic E-state index is -0.931. The van der Waals surface area contributed by atoms with Crippen molar-refractivity contribution >= 4 is 39.9 Å². The molecule has 2 N–H and O–H groups in total. The van der Waals surface area contributed by atoms with Crippen molar-refractivity contribution in [2.45, 2.75) is 0 Å². The summed E-state index contributed by atoms with van der Waals surface area (Å²) in [6, 6.07) is 7.41. The van der Waals surface area contributed by atoms with Gasteiger partial charge >= 0.3 is 0 Å². The van der Waals surface area contributed by atoms with Crippen molar-refractivity contribution in [3.63, 3.8) is 0 Å². The maximum Gasteiger partial charge on any atom is 0.229 e. The summed E-state index contributed by atoms with van der Waals surface area (Å²) in [6.45, 7) is 3.71. The Morgan fingerprint density at radius 2 is 1.63 bits per heavy atom. The van der Waals surface area contributed by atoms with Crippen LogP contribution in [0.5, 0.6) is 5.75 Å². The monoisotopic (exact) mass is 478 g/mol. The van der Waals surface area contributed by atoms with E-state index in [2.05, 4.69) is 47.4 Å². The minimum absolute atomic E-state index is 0.355. The number of fused-ring (bicyclic) bond motifs is 1. The van der Waals surface area contributed by atoms with Gasteiger partial charge in [0.2, 0.25) is 5.95 Å². The van der Waals surface area contributed by atoms with E-state index in [1.165, 1.54) is 6.20 Å². The Labute approximate surface area is 200 Å². The van der Waals surface area contributed by atoms with E-state index in [0.29, 0.717) is 39.8 Å². The predicted molar refractivity (Wildman–Crippen MR) is 131 cm³/mol. The molecule has 35 heavy (non-hydrogen) atoms. The minimum Gasteiger partial charge on any atom is -0.493 e. The van der Waals surface area contributed by atoms with Gasteiger partial charge in [0.25, 0.3) is 0 Å². The lowest BCUT2D eigenvalue weighted by atomic mass is 10.2. The number of hydrogen-bond donors (Lipinski definition) is 2. The van der Waals surface area contributed by atoms with Gasteiger partial charge in [-0.1, -0.05) is 0 Å². The zero-order valence-electron chi connectivity index (χ0n) is 19.3. The Hall–Kier alpha value is -4.12. The second-order valence-electron chi connectivity index (χ2n) is 8.24. The quantitative estimate of drug-likeness (QED) is 0.427. The highest BCUT2D eigenvalue weighted by molar-refractivity contribution is 5.82. The van der Waals surface area contributed by atoms with Gasteiger partial charge in [0.05, 0.1) is 36.4 Å². The van der Waals surface area contributed by atoms with Crippen LogP contribution in [0.3, 0.4) is 0 Å². The average molecular weight is 479 g/mol. The van der Waals surface area contributed by atoms with E-state index in [-0.39, 0.29) is 0 Å². The Balaban J connectivity index is 1.32. The summed E-state index contributed by atoms with van der Waals surface area (Å²) in [5.41, 5.74) is 1.62. The van der Waals surface area contributed by atoms with Crippen molar-refractivity contribution in [1.29, 1.82) is 0 Å². The Morgan fingerprint density at radius 1 is 0.886 bits per heavy atom. The third kappa shape index (κ3) is 5.04. The number of benzene rings is 1. The van der Waals surface area contributed by atoms with Gasteiger partial charge in [0, 0.05) is 49.9 Å². The fourth-order valence-corrected chi connectivity index (χ4v) is 3.87. The fraction of sp³-hybridized carbons (Fsp3) is 0.250. The van der Waals surface area contributed by atoms with Gasteiger partial charge in [-0.2, -0.15) is 4.98 Å². The van der Waals surface area contributed by atoms with Crippen molar-refractivity contribution in [2.24, 2.45) is 0 Å². The first-order valence-electron chi connectivity index (χ1n) is 11.1. The van der Waals surface area contributed by atoms with Crippen LogP contribution in [0.1, 0.15) is 0 Å². The molecule has 11 heteroatoms. The van der Waals surface area contributed by atoms with Crippen LogP contribution in [0, 0.1) is 11.6 Å². The summed E-state index contributed by atoms with van der Waals surface area (Å²) in [6.07, 6.45) is 4.85. The number of methoxy groups -OCH3 is 1. The Morgan fingerprint density at radius 3 is 2.43 bits per heavy atom. The number of aromatic nitrogens is 4. The summed E-state index contributed by atoms with van der Waals surface area (Å²) in [4.78, 5) is 22.0. The molecule has 180 valence electrons. The first kappa shape index (κ1) is 22.7. The number of anilines is 5. The molecule has 1 fully saturated rings. The molecule has 1 aromatic carbocycles. The number of hydrogen-bond acceptors (Lipinski definition) is 9. The topological polar surface area (TPSA) is 91.3 Å². The average Bonchev–Trinajstić information content (AvgIpc) is 2.86. The van der Waals surface area contributed by atoms with Crippen LogP contribution in [0.4, 0.5) is 37.7 Å². The zero-order valence-corrected chi connectivity index (χ0v) is 19.3. The highest BCUT2D eigenvalue weighted by atomic mass is 19.2. The lowest BCUT2D eigenvalue weighted by Crippen LogP contribution is -2.44. The standard InChI is InChI=1S/C24H24F2N8O/c1-33-5-7-34(8-6-33)23-21(35-2)11-17(14-29-23)31-24-27-4-3-22(32-24)30-16-9-15-10-18(25)19(26)12-20(15)28-13-16/h3-4,9-14H,5-8H2,1-2H3,(H2,27,30,31,32). The van der Waals surface area contributed by atoms with Crippen molar-refractivity contribution in [1.82, 2.24) is 24.8 Å². The third-order valence-electron chi connectivity index (χ3n) is 5.76. The highest BCUT2D eigenvalue weighted by Crippen LogP contribution is 2.30. The van der Waals surface area contributed by atoms with E-state index in [9.17, 15) is 8.78 Å². The van der Waals surface area contributed by atoms with Crippen LogP contribution in [-0.2, 0) is 0 Å². The number of rotatable bonds is 6. The number of nitrogens with one attached hydrogen (secondary N) is 2. The van der Waals surface area contributed by atoms with Gasteiger partial charge in [0.15, 0.2) is 23.2 Å². The van der Waals surface area contributed by atoms with Gasteiger partial charge in [-0.05, 0) is 25.2 Å². The Bertz CT molecular complexity index is 1360. The van der Waals surface area contributed by atoms with Crippen LogP contribution in [-0.4, -0.2) is 65.2 Å². The predicted octanol–water partition coefficient (Wildman–Crippen LogP) is 3.95. The molecule has 3 aromatic heterocycles. The van der Waals surface area contributed by atoms with E-state index in [0.717, 1.165) is 44.1 Å². The number of likely N-dealkylation sites (N-methyl/N-ethyl adjacent to an activating group) is 1. The molecule has 1 aliphatic heterocycles. The number of pyridine rings is 2. The molecule has 0 amide bonds. The molecule has 0 bridgehead atoms.